The van der Waals surface area contributed by atoms with Crippen LogP contribution in [0.3, 0.4) is 0 Å². The Balaban J connectivity index is 2.07. The van der Waals surface area contributed by atoms with Crippen LogP contribution in [0.1, 0.15) is 35.6 Å². The van der Waals surface area contributed by atoms with E-state index in [1.165, 1.54) is 12.1 Å². The number of thiophene rings is 1. The zero-order valence-electron chi connectivity index (χ0n) is 12.3. The number of hydrogen-bond donors (Lipinski definition) is 1. The van der Waals surface area contributed by atoms with Gasteiger partial charge in [0.25, 0.3) is 0 Å². The van der Waals surface area contributed by atoms with E-state index in [0.29, 0.717) is 5.92 Å². The topological polar surface area (TPSA) is 33.1 Å². The van der Waals surface area contributed by atoms with Gasteiger partial charge in [-0.2, -0.15) is 0 Å². The lowest BCUT2D eigenvalue weighted by molar-refractivity contribution is 0.280. The summed E-state index contributed by atoms with van der Waals surface area (Å²) in [6.07, 6.45) is 2.27. The predicted molar refractivity (Wildman–Crippen MR) is 87.6 cm³/mol. The van der Waals surface area contributed by atoms with Crippen molar-refractivity contribution in [2.45, 2.75) is 32.3 Å². The van der Waals surface area contributed by atoms with Gasteiger partial charge in [-0.05, 0) is 48.4 Å². The number of pyridine rings is 1. The van der Waals surface area contributed by atoms with E-state index >= 15 is 0 Å². The van der Waals surface area contributed by atoms with E-state index in [4.69, 9.17) is 4.98 Å². The molecule has 2 aromatic heterocycles. The molecule has 3 aromatic rings. The molecular formula is C18H16FNOS. The van der Waals surface area contributed by atoms with Gasteiger partial charge in [0.15, 0.2) is 0 Å². The molecule has 0 aliphatic heterocycles. The highest BCUT2D eigenvalue weighted by Gasteiger charge is 2.30. The van der Waals surface area contributed by atoms with Crippen molar-refractivity contribution in [3.8, 4) is 11.1 Å². The molecule has 1 aliphatic carbocycles. The monoisotopic (exact) mass is 313 g/mol. The summed E-state index contributed by atoms with van der Waals surface area (Å²) in [6.45, 7) is 2.04. The van der Waals surface area contributed by atoms with E-state index < -0.39 is 0 Å². The van der Waals surface area contributed by atoms with E-state index in [2.05, 4.69) is 12.3 Å². The predicted octanol–water partition coefficient (Wildman–Crippen LogP) is 4.78. The van der Waals surface area contributed by atoms with Crippen molar-refractivity contribution >= 4 is 21.6 Å². The number of aryl methyl sites for hydroxylation is 1. The van der Waals surface area contributed by atoms with Crippen molar-refractivity contribution in [3.05, 3.63) is 52.3 Å². The Morgan fingerprint density at radius 3 is 2.64 bits per heavy atom. The van der Waals surface area contributed by atoms with Gasteiger partial charge in [0, 0.05) is 17.0 Å². The fraction of sp³-hybridized carbons (Fsp3) is 0.278. The van der Waals surface area contributed by atoms with Gasteiger partial charge < -0.3 is 5.11 Å². The van der Waals surface area contributed by atoms with Crippen LogP contribution in [0.4, 0.5) is 4.39 Å². The first-order valence-corrected chi connectivity index (χ1v) is 8.34. The van der Waals surface area contributed by atoms with Crippen LogP contribution >= 0.6 is 11.3 Å². The maximum absolute atomic E-state index is 13.3. The first-order valence-electron chi connectivity index (χ1n) is 7.46. The van der Waals surface area contributed by atoms with Crippen molar-refractivity contribution in [1.82, 2.24) is 4.98 Å². The molecule has 0 spiro atoms. The highest BCUT2D eigenvalue weighted by Crippen LogP contribution is 2.46. The molecule has 2 nitrogen and oxygen atoms in total. The lowest BCUT2D eigenvalue weighted by atomic mass is 9.96. The highest BCUT2D eigenvalue weighted by atomic mass is 32.1. The molecule has 4 heteroatoms. The van der Waals surface area contributed by atoms with Crippen LogP contribution in [-0.4, -0.2) is 10.1 Å². The minimum atomic E-state index is -0.246. The second-order valence-electron chi connectivity index (χ2n) is 5.89. The standard InChI is InChI=1S/C18H16FNOS/c1-10-9-22-18-15(11-4-6-13(19)7-5-11)14(8-21)17(12-2-3-12)20-16(10)18/h4-7,9,12,21H,2-3,8H2,1H3. The maximum atomic E-state index is 13.3. The number of aromatic nitrogens is 1. The highest BCUT2D eigenvalue weighted by molar-refractivity contribution is 7.18. The molecule has 0 saturated heterocycles. The van der Waals surface area contributed by atoms with Crippen LogP contribution in [0, 0.1) is 12.7 Å². The summed E-state index contributed by atoms with van der Waals surface area (Å²) in [4.78, 5) is 4.85. The van der Waals surface area contributed by atoms with Gasteiger partial charge in [-0.1, -0.05) is 12.1 Å². The quantitative estimate of drug-likeness (QED) is 0.755. The molecule has 1 aromatic carbocycles. The molecule has 0 bridgehead atoms. The zero-order chi connectivity index (χ0) is 15.3. The summed E-state index contributed by atoms with van der Waals surface area (Å²) in [5, 5.41) is 12.0. The summed E-state index contributed by atoms with van der Waals surface area (Å²) < 4.78 is 14.3. The third-order valence-corrected chi connectivity index (χ3v) is 5.37. The summed E-state index contributed by atoms with van der Waals surface area (Å²) >= 11 is 1.64. The fourth-order valence-electron chi connectivity index (χ4n) is 2.98. The van der Waals surface area contributed by atoms with Crippen LogP contribution in [0.5, 0.6) is 0 Å². The summed E-state index contributed by atoms with van der Waals surface area (Å²) in [5.41, 5.74) is 6.08. The zero-order valence-corrected chi connectivity index (χ0v) is 13.1. The molecule has 1 N–H and O–H groups in total. The van der Waals surface area contributed by atoms with Crippen LogP contribution in [0.2, 0.25) is 0 Å². The Labute approximate surface area is 132 Å². The van der Waals surface area contributed by atoms with E-state index in [1.54, 1.807) is 23.5 Å². The second-order valence-corrected chi connectivity index (χ2v) is 6.77. The SMILES string of the molecule is Cc1csc2c(-c3ccc(F)cc3)c(CO)c(C3CC3)nc12. The minimum Gasteiger partial charge on any atom is -0.392 e. The maximum Gasteiger partial charge on any atom is 0.123 e. The minimum absolute atomic E-state index is 0.0293. The molecule has 0 atom stereocenters. The van der Waals surface area contributed by atoms with Gasteiger partial charge in [0.2, 0.25) is 0 Å². The Hall–Kier alpha value is -1.78. The Bertz CT molecular complexity index is 850. The summed E-state index contributed by atoms with van der Waals surface area (Å²) in [7, 11) is 0. The molecule has 1 aliphatic rings. The first-order chi connectivity index (χ1) is 10.7. The largest absolute Gasteiger partial charge is 0.392 e. The van der Waals surface area contributed by atoms with Gasteiger partial charge in [-0.3, -0.25) is 4.98 Å². The number of fused-ring (bicyclic) bond motifs is 1. The van der Waals surface area contributed by atoms with Crippen LogP contribution in [-0.2, 0) is 6.61 Å². The van der Waals surface area contributed by atoms with Crippen LogP contribution < -0.4 is 0 Å². The normalized spacial score (nSPS) is 14.7. The number of aliphatic hydroxyl groups is 1. The van der Waals surface area contributed by atoms with Gasteiger partial charge in [-0.15, -0.1) is 11.3 Å². The molecular weight excluding hydrogens is 297 g/mol. The Morgan fingerprint density at radius 2 is 2.00 bits per heavy atom. The smallest absolute Gasteiger partial charge is 0.123 e. The lowest BCUT2D eigenvalue weighted by Gasteiger charge is -2.14. The van der Waals surface area contributed by atoms with E-state index in [-0.39, 0.29) is 12.4 Å². The third kappa shape index (κ3) is 2.14. The average Bonchev–Trinajstić information content (AvgIpc) is 3.31. The molecule has 112 valence electrons. The van der Waals surface area contributed by atoms with E-state index in [1.807, 2.05) is 0 Å². The van der Waals surface area contributed by atoms with Crippen molar-refractivity contribution in [1.29, 1.82) is 0 Å². The molecule has 4 rings (SSSR count). The first kappa shape index (κ1) is 13.9. The number of rotatable bonds is 3. The Morgan fingerprint density at radius 1 is 1.27 bits per heavy atom. The van der Waals surface area contributed by atoms with Gasteiger partial charge in [0.1, 0.15) is 5.82 Å². The molecule has 0 radical (unpaired) electrons. The van der Waals surface area contributed by atoms with E-state index in [9.17, 15) is 9.50 Å². The van der Waals surface area contributed by atoms with Gasteiger partial charge in [0.05, 0.1) is 22.5 Å². The summed E-state index contributed by atoms with van der Waals surface area (Å²) in [5.74, 6) is 0.217. The number of hydrogen-bond acceptors (Lipinski definition) is 3. The van der Waals surface area contributed by atoms with Gasteiger partial charge >= 0.3 is 0 Å². The van der Waals surface area contributed by atoms with Crippen LogP contribution in [0.15, 0.2) is 29.6 Å². The van der Waals surface area contributed by atoms with E-state index in [0.717, 1.165) is 51.0 Å². The van der Waals surface area contributed by atoms with Crippen LogP contribution in [0.25, 0.3) is 21.3 Å². The molecule has 0 unspecified atom stereocenters. The Kier molecular flexibility index (Phi) is 3.24. The number of benzene rings is 1. The van der Waals surface area contributed by atoms with Crippen molar-refractivity contribution in [2.24, 2.45) is 0 Å². The third-order valence-electron chi connectivity index (χ3n) is 4.27. The molecule has 0 amide bonds. The summed E-state index contributed by atoms with van der Waals surface area (Å²) in [6, 6.07) is 6.52. The fourth-order valence-corrected chi connectivity index (χ4v) is 4.07. The average molecular weight is 313 g/mol. The lowest BCUT2D eigenvalue weighted by Crippen LogP contribution is -2.01. The van der Waals surface area contributed by atoms with Crippen molar-refractivity contribution in [2.75, 3.05) is 0 Å². The van der Waals surface area contributed by atoms with Gasteiger partial charge in [-0.25, -0.2) is 4.39 Å². The number of nitrogens with zero attached hydrogens (tertiary/aromatic N) is 1. The second kappa shape index (κ2) is 5.14. The van der Waals surface area contributed by atoms with Crippen molar-refractivity contribution < 1.29 is 9.50 Å². The number of aliphatic hydroxyl groups excluding tert-OH is 1. The molecule has 1 fully saturated rings. The number of halogens is 1. The molecule has 1 saturated carbocycles. The molecule has 22 heavy (non-hydrogen) atoms. The van der Waals surface area contributed by atoms with Crippen molar-refractivity contribution in [3.63, 3.8) is 0 Å². The molecule has 2 heterocycles.